The van der Waals surface area contributed by atoms with Crippen molar-refractivity contribution >= 4 is 44.0 Å². The molecule has 0 atom stereocenters. The minimum absolute atomic E-state index is 0.0573. The highest BCUT2D eigenvalue weighted by molar-refractivity contribution is 7.99. The van der Waals surface area contributed by atoms with Crippen LogP contribution >= 0.6 is 11.6 Å². The second-order valence-electron chi connectivity index (χ2n) is 6.46. The molecule has 0 unspecified atom stereocenters. The first-order valence-electron chi connectivity index (χ1n) is 8.64. The van der Waals surface area contributed by atoms with Crippen LogP contribution in [0.5, 0.6) is 5.75 Å². The Hall–Kier alpha value is -2.84. The molecule has 2 aromatic carbocycles. The summed E-state index contributed by atoms with van der Waals surface area (Å²) in [7, 11) is -2.67. The van der Waals surface area contributed by atoms with Crippen LogP contribution in [-0.2, 0) is 19.6 Å². The van der Waals surface area contributed by atoms with Crippen LogP contribution in [0.1, 0.15) is 18.1 Å². The van der Waals surface area contributed by atoms with Gasteiger partial charge in [0.25, 0.3) is 15.9 Å². The van der Waals surface area contributed by atoms with Crippen LogP contribution in [0.15, 0.2) is 48.0 Å². The fraction of sp³-hybridized carbons (Fsp3) is 0.200. The van der Waals surface area contributed by atoms with Gasteiger partial charge in [0.2, 0.25) is 5.91 Å². The molecule has 7 nitrogen and oxygen atoms in total. The highest BCUT2D eigenvalue weighted by Crippen LogP contribution is 2.36. The van der Waals surface area contributed by atoms with E-state index in [1.165, 1.54) is 14.0 Å². The molecule has 0 fully saturated rings. The van der Waals surface area contributed by atoms with Crippen LogP contribution in [0.3, 0.4) is 0 Å². The van der Waals surface area contributed by atoms with E-state index < -0.39 is 28.4 Å². The molecule has 9 heteroatoms. The molecular formula is C20H19ClN2O5S. The number of methoxy groups -OCH3 is 1. The molecule has 1 N–H and O–H groups in total. The first-order chi connectivity index (χ1) is 13.7. The zero-order chi connectivity index (χ0) is 21.3. The molecule has 0 bridgehead atoms. The molecular weight excluding hydrogens is 416 g/mol. The van der Waals surface area contributed by atoms with Crippen molar-refractivity contribution in [2.75, 3.05) is 19.0 Å². The summed E-state index contributed by atoms with van der Waals surface area (Å²) in [6.07, 6.45) is 0. The van der Waals surface area contributed by atoms with Crippen LogP contribution in [0, 0.1) is 6.92 Å². The second kappa shape index (κ2) is 7.88. The highest BCUT2D eigenvalue weighted by Gasteiger charge is 2.43. The number of nitrogens with zero attached hydrogens (tertiary/aromatic N) is 1. The molecule has 2 amide bonds. The molecule has 3 rings (SSSR count). The van der Waals surface area contributed by atoms with E-state index in [1.807, 2.05) is 0 Å². The quantitative estimate of drug-likeness (QED) is 0.780. The van der Waals surface area contributed by atoms with Crippen LogP contribution in [-0.4, -0.2) is 38.2 Å². The molecule has 0 aliphatic carbocycles. The zero-order valence-electron chi connectivity index (χ0n) is 16.0. The first kappa shape index (κ1) is 20.9. The van der Waals surface area contributed by atoms with Gasteiger partial charge in [0.1, 0.15) is 17.2 Å². The van der Waals surface area contributed by atoms with Crippen LogP contribution in [0.4, 0.5) is 5.69 Å². The number of rotatable bonds is 5. The van der Waals surface area contributed by atoms with Crippen molar-refractivity contribution in [2.45, 2.75) is 13.8 Å². The number of carbonyl (C=O) groups is 2. The number of anilines is 1. The van der Waals surface area contributed by atoms with Gasteiger partial charge in [-0.2, -0.15) is 0 Å². The third-order valence-electron chi connectivity index (χ3n) is 4.62. The Morgan fingerprint density at radius 1 is 1.14 bits per heavy atom. The summed E-state index contributed by atoms with van der Waals surface area (Å²) in [4.78, 5) is 24.9. The number of hydrogen-bond acceptors (Lipinski definition) is 5. The molecule has 2 aromatic rings. The van der Waals surface area contributed by atoms with E-state index in [4.69, 9.17) is 16.3 Å². The topological polar surface area (TPSA) is 92.8 Å². The Morgan fingerprint density at radius 2 is 1.79 bits per heavy atom. The molecule has 29 heavy (non-hydrogen) atoms. The third-order valence-corrected chi connectivity index (χ3v) is 6.96. The predicted octanol–water partition coefficient (Wildman–Crippen LogP) is 3.20. The van der Waals surface area contributed by atoms with E-state index in [-0.39, 0.29) is 10.5 Å². The van der Waals surface area contributed by atoms with E-state index >= 15 is 0 Å². The van der Waals surface area contributed by atoms with Gasteiger partial charge >= 0.3 is 0 Å². The lowest BCUT2D eigenvalue weighted by Crippen LogP contribution is -2.38. The molecule has 0 aromatic heterocycles. The number of ether oxygens (including phenoxy) is 1. The summed E-state index contributed by atoms with van der Waals surface area (Å²) in [6, 6.07) is 11.3. The van der Waals surface area contributed by atoms with Crippen molar-refractivity contribution in [1.82, 2.24) is 4.31 Å². The Labute approximate surface area is 174 Å². The van der Waals surface area contributed by atoms with E-state index in [9.17, 15) is 18.0 Å². The van der Waals surface area contributed by atoms with Gasteiger partial charge in [0, 0.05) is 16.3 Å². The van der Waals surface area contributed by atoms with Crippen LogP contribution < -0.4 is 10.1 Å². The number of carbonyl (C=O) groups excluding carboxylic acids is 2. The third kappa shape index (κ3) is 3.86. The summed E-state index contributed by atoms with van der Waals surface area (Å²) in [5.41, 5.74) is 1.50. The zero-order valence-corrected chi connectivity index (χ0v) is 17.6. The molecule has 1 aliphatic rings. The van der Waals surface area contributed by atoms with Crippen molar-refractivity contribution < 1.29 is 22.7 Å². The summed E-state index contributed by atoms with van der Waals surface area (Å²) < 4.78 is 31.6. The summed E-state index contributed by atoms with van der Waals surface area (Å²) in [6.45, 7) is 2.52. The van der Waals surface area contributed by atoms with Gasteiger partial charge in [0.05, 0.1) is 7.11 Å². The van der Waals surface area contributed by atoms with Crippen LogP contribution in [0.25, 0.3) is 4.91 Å². The Morgan fingerprint density at radius 3 is 2.41 bits per heavy atom. The average Bonchev–Trinajstić information content (AvgIpc) is 2.85. The van der Waals surface area contributed by atoms with E-state index in [2.05, 4.69) is 5.32 Å². The maximum absolute atomic E-state index is 13.0. The van der Waals surface area contributed by atoms with Crippen molar-refractivity contribution in [3.05, 3.63) is 64.2 Å². The largest absolute Gasteiger partial charge is 0.497 e. The number of amides is 2. The lowest BCUT2D eigenvalue weighted by Gasteiger charge is -2.17. The SMILES string of the molecule is COc1ccc(C2=C(C)C(=O)N(CC(=O)Nc3cccc(Cl)c3C)S2(=O)=O)cc1. The number of sulfonamides is 1. The smallest absolute Gasteiger partial charge is 0.268 e. The lowest BCUT2D eigenvalue weighted by atomic mass is 10.1. The molecule has 0 radical (unpaired) electrons. The Kier molecular flexibility index (Phi) is 5.68. The minimum Gasteiger partial charge on any atom is -0.497 e. The maximum Gasteiger partial charge on any atom is 0.268 e. The standard InChI is InChI=1S/C20H19ClN2O5S/c1-12-16(21)5-4-6-17(12)22-18(24)11-23-20(25)13(2)19(29(23,26)27)14-7-9-15(28-3)10-8-14/h4-10H,11H2,1-3H3,(H,22,24). The number of benzene rings is 2. The monoisotopic (exact) mass is 434 g/mol. The molecule has 0 saturated carbocycles. The van der Waals surface area contributed by atoms with Crippen molar-refractivity contribution in [2.24, 2.45) is 0 Å². The van der Waals surface area contributed by atoms with Gasteiger partial charge in [-0.15, -0.1) is 0 Å². The summed E-state index contributed by atoms with van der Waals surface area (Å²) >= 11 is 6.04. The van der Waals surface area contributed by atoms with E-state index in [1.54, 1.807) is 49.4 Å². The number of nitrogens with one attached hydrogen (secondary N) is 1. The predicted molar refractivity (Wildman–Crippen MR) is 111 cm³/mol. The van der Waals surface area contributed by atoms with Gasteiger partial charge in [-0.25, -0.2) is 12.7 Å². The van der Waals surface area contributed by atoms with Crippen LogP contribution in [0.2, 0.25) is 5.02 Å². The fourth-order valence-corrected chi connectivity index (χ4v) is 4.97. The Balaban J connectivity index is 1.85. The molecule has 1 aliphatic heterocycles. The molecule has 0 saturated heterocycles. The van der Waals surface area contributed by atoms with E-state index in [0.29, 0.717) is 31.9 Å². The van der Waals surface area contributed by atoms with Gasteiger partial charge in [-0.3, -0.25) is 9.59 Å². The summed E-state index contributed by atoms with van der Waals surface area (Å²) in [5, 5.41) is 3.07. The lowest BCUT2D eigenvalue weighted by molar-refractivity contribution is -0.126. The maximum atomic E-state index is 13.0. The van der Waals surface area contributed by atoms with Gasteiger partial charge in [0.15, 0.2) is 0 Å². The highest BCUT2D eigenvalue weighted by atomic mass is 35.5. The van der Waals surface area contributed by atoms with Crippen molar-refractivity contribution in [1.29, 1.82) is 0 Å². The normalized spacial score (nSPS) is 15.6. The minimum atomic E-state index is -4.17. The number of hydrogen-bond donors (Lipinski definition) is 1. The fourth-order valence-electron chi connectivity index (χ4n) is 3.02. The number of halogens is 1. The van der Waals surface area contributed by atoms with Gasteiger partial charge in [-0.1, -0.05) is 17.7 Å². The van der Waals surface area contributed by atoms with Gasteiger partial charge < -0.3 is 10.1 Å². The Bertz CT molecular complexity index is 1120. The van der Waals surface area contributed by atoms with Gasteiger partial charge in [-0.05, 0) is 61.4 Å². The molecule has 0 spiro atoms. The summed E-state index contributed by atoms with van der Waals surface area (Å²) in [5.74, 6) is -0.813. The first-order valence-corrected chi connectivity index (χ1v) is 10.5. The van der Waals surface area contributed by atoms with E-state index in [0.717, 1.165) is 0 Å². The van der Waals surface area contributed by atoms with Crippen molar-refractivity contribution in [3.8, 4) is 5.75 Å². The average molecular weight is 435 g/mol. The molecule has 152 valence electrons. The molecule has 1 heterocycles. The van der Waals surface area contributed by atoms with Crippen molar-refractivity contribution in [3.63, 3.8) is 0 Å². The second-order valence-corrected chi connectivity index (χ2v) is 8.67.